The SMILES string of the molecule is Cc1occc1-c1nnc(SC[C@H](O)COc2cccc3ccccc23)n1C. The number of furan rings is 1. The molecule has 0 saturated heterocycles. The Morgan fingerprint density at radius 2 is 1.96 bits per heavy atom. The lowest BCUT2D eigenvalue weighted by molar-refractivity contribution is 0.127. The maximum Gasteiger partial charge on any atom is 0.191 e. The lowest BCUT2D eigenvalue weighted by Gasteiger charge is -2.13. The fraction of sp³-hybridized carbons (Fsp3) is 0.238. The van der Waals surface area contributed by atoms with Crippen LogP contribution in [0.3, 0.4) is 0 Å². The molecule has 1 atom stereocenters. The first-order valence-electron chi connectivity index (χ1n) is 8.99. The van der Waals surface area contributed by atoms with Gasteiger partial charge in [-0.3, -0.25) is 0 Å². The van der Waals surface area contributed by atoms with Crippen molar-refractivity contribution < 1.29 is 14.3 Å². The second-order valence-electron chi connectivity index (χ2n) is 6.51. The number of nitrogens with zero attached hydrogens (tertiary/aromatic N) is 3. The number of ether oxygens (including phenoxy) is 1. The molecule has 2 heterocycles. The minimum absolute atomic E-state index is 0.215. The number of hydrogen-bond acceptors (Lipinski definition) is 6. The number of aliphatic hydroxyl groups excluding tert-OH is 1. The zero-order valence-corrected chi connectivity index (χ0v) is 16.5. The minimum atomic E-state index is -0.625. The molecule has 6 nitrogen and oxygen atoms in total. The summed E-state index contributed by atoms with van der Waals surface area (Å²) in [6.07, 6.45) is 1.01. The molecule has 0 saturated carbocycles. The molecule has 28 heavy (non-hydrogen) atoms. The van der Waals surface area contributed by atoms with E-state index in [1.807, 2.05) is 67.1 Å². The normalized spacial score (nSPS) is 12.4. The van der Waals surface area contributed by atoms with E-state index in [1.165, 1.54) is 11.8 Å². The molecule has 4 aromatic rings. The Kier molecular flexibility index (Phi) is 5.36. The van der Waals surface area contributed by atoms with Crippen LogP contribution in [-0.4, -0.2) is 38.3 Å². The number of aromatic nitrogens is 3. The van der Waals surface area contributed by atoms with Crippen LogP contribution in [0, 0.1) is 6.92 Å². The van der Waals surface area contributed by atoms with Gasteiger partial charge in [-0.1, -0.05) is 48.2 Å². The van der Waals surface area contributed by atoms with Crippen LogP contribution in [0.25, 0.3) is 22.2 Å². The average Bonchev–Trinajstić information content (AvgIpc) is 3.29. The van der Waals surface area contributed by atoms with Crippen LogP contribution in [0.5, 0.6) is 5.75 Å². The smallest absolute Gasteiger partial charge is 0.191 e. The summed E-state index contributed by atoms with van der Waals surface area (Å²) in [5, 5.41) is 21.7. The number of aryl methyl sites for hydroxylation is 1. The molecule has 0 spiro atoms. The lowest BCUT2D eigenvalue weighted by Crippen LogP contribution is -2.20. The quantitative estimate of drug-likeness (QED) is 0.476. The highest BCUT2D eigenvalue weighted by molar-refractivity contribution is 7.99. The second-order valence-corrected chi connectivity index (χ2v) is 7.50. The van der Waals surface area contributed by atoms with Crippen LogP contribution in [-0.2, 0) is 7.05 Å². The monoisotopic (exact) mass is 395 g/mol. The number of hydrogen-bond donors (Lipinski definition) is 1. The number of thioether (sulfide) groups is 1. The number of fused-ring (bicyclic) bond motifs is 1. The molecule has 144 valence electrons. The predicted octanol–water partition coefficient (Wildman–Crippen LogP) is 4.07. The van der Waals surface area contributed by atoms with Crippen LogP contribution in [0.15, 0.2) is 64.4 Å². The Morgan fingerprint density at radius 3 is 2.79 bits per heavy atom. The maximum atomic E-state index is 10.4. The summed E-state index contributed by atoms with van der Waals surface area (Å²) in [6.45, 7) is 2.11. The third-order valence-electron chi connectivity index (χ3n) is 4.52. The Labute approximate surface area is 167 Å². The summed E-state index contributed by atoms with van der Waals surface area (Å²) in [6, 6.07) is 15.8. The van der Waals surface area contributed by atoms with E-state index in [0.29, 0.717) is 5.75 Å². The first kappa shape index (κ1) is 18.6. The fourth-order valence-corrected chi connectivity index (χ4v) is 3.83. The van der Waals surface area contributed by atoms with Gasteiger partial charge in [0, 0.05) is 18.2 Å². The van der Waals surface area contributed by atoms with E-state index in [9.17, 15) is 5.11 Å². The third-order valence-corrected chi connectivity index (χ3v) is 5.69. The van der Waals surface area contributed by atoms with Gasteiger partial charge in [0.1, 0.15) is 18.1 Å². The Bertz CT molecular complexity index is 1080. The van der Waals surface area contributed by atoms with E-state index >= 15 is 0 Å². The summed E-state index contributed by atoms with van der Waals surface area (Å²) in [5.74, 6) is 2.78. The van der Waals surface area contributed by atoms with Crippen molar-refractivity contribution in [1.82, 2.24) is 14.8 Å². The highest BCUT2D eigenvalue weighted by atomic mass is 32.2. The summed E-state index contributed by atoms with van der Waals surface area (Å²) in [7, 11) is 1.91. The molecule has 0 unspecified atom stereocenters. The van der Waals surface area contributed by atoms with Gasteiger partial charge in [0.15, 0.2) is 11.0 Å². The van der Waals surface area contributed by atoms with Gasteiger partial charge in [-0.15, -0.1) is 10.2 Å². The Hall–Kier alpha value is -2.77. The molecule has 0 aliphatic rings. The Morgan fingerprint density at radius 1 is 1.14 bits per heavy atom. The van der Waals surface area contributed by atoms with E-state index in [4.69, 9.17) is 9.15 Å². The van der Waals surface area contributed by atoms with E-state index in [1.54, 1.807) is 6.26 Å². The third kappa shape index (κ3) is 3.76. The molecule has 1 N–H and O–H groups in total. The van der Waals surface area contributed by atoms with Gasteiger partial charge in [0.2, 0.25) is 0 Å². The van der Waals surface area contributed by atoms with E-state index in [0.717, 1.165) is 38.8 Å². The summed E-state index contributed by atoms with van der Waals surface area (Å²) < 4.78 is 13.1. The van der Waals surface area contributed by atoms with Gasteiger partial charge in [-0.05, 0) is 24.4 Å². The molecular formula is C21H21N3O3S. The highest BCUT2D eigenvalue weighted by Gasteiger charge is 2.16. The molecule has 7 heteroatoms. The van der Waals surface area contributed by atoms with Crippen molar-refractivity contribution >= 4 is 22.5 Å². The Balaban J connectivity index is 1.37. The molecule has 0 bridgehead atoms. The second kappa shape index (κ2) is 8.08. The minimum Gasteiger partial charge on any atom is -0.490 e. The largest absolute Gasteiger partial charge is 0.490 e. The van der Waals surface area contributed by atoms with Gasteiger partial charge in [0.25, 0.3) is 0 Å². The van der Waals surface area contributed by atoms with Gasteiger partial charge in [-0.2, -0.15) is 0 Å². The van der Waals surface area contributed by atoms with Crippen molar-refractivity contribution in [2.24, 2.45) is 7.05 Å². The van der Waals surface area contributed by atoms with Gasteiger partial charge >= 0.3 is 0 Å². The summed E-state index contributed by atoms with van der Waals surface area (Å²) >= 11 is 1.45. The molecule has 2 aromatic carbocycles. The van der Waals surface area contributed by atoms with Crippen LogP contribution in [0.1, 0.15) is 5.76 Å². The van der Waals surface area contributed by atoms with Crippen molar-refractivity contribution in [2.75, 3.05) is 12.4 Å². The van der Waals surface area contributed by atoms with E-state index in [2.05, 4.69) is 10.2 Å². The molecule has 0 aliphatic carbocycles. The van der Waals surface area contributed by atoms with Crippen molar-refractivity contribution in [3.8, 4) is 17.1 Å². The average molecular weight is 395 g/mol. The first-order chi connectivity index (χ1) is 13.6. The molecule has 4 rings (SSSR count). The van der Waals surface area contributed by atoms with Crippen LogP contribution >= 0.6 is 11.8 Å². The molecule has 0 fully saturated rings. The zero-order chi connectivity index (χ0) is 19.5. The first-order valence-corrected chi connectivity index (χ1v) is 9.97. The van der Waals surface area contributed by atoms with Crippen LogP contribution in [0.4, 0.5) is 0 Å². The standard InChI is InChI=1S/C21H21N3O3S/c1-14-17(10-11-26-14)20-22-23-21(24(20)2)28-13-16(25)12-27-19-9-5-7-15-6-3-4-8-18(15)19/h3-11,16,25H,12-13H2,1-2H3/t16-/m1/s1. The lowest BCUT2D eigenvalue weighted by atomic mass is 10.1. The summed E-state index contributed by atoms with van der Waals surface area (Å²) in [4.78, 5) is 0. The topological polar surface area (TPSA) is 73.3 Å². The number of benzene rings is 2. The van der Waals surface area contributed by atoms with Gasteiger partial charge in [-0.25, -0.2) is 0 Å². The van der Waals surface area contributed by atoms with Crippen molar-refractivity contribution in [1.29, 1.82) is 0 Å². The molecule has 0 aliphatic heterocycles. The van der Waals surface area contributed by atoms with Crippen molar-refractivity contribution in [3.63, 3.8) is 0 Å². The number of rotatable bonds is 7. The van der Waals surface area contributed by atoms with Crippen LogP contribution in [0.2, 0.25) is 0 Å². The molecule has 0 amide bonds. The van der Waals surface area contributed by atoms with Crippen molar-refractivity contribution in [3.05, 3.63) is 60.6 Å². The highest BCUT2D eigenvalue weighted by Crippen LogP contribution is 2.27. The molecule has 0 radical (unpaired) electrons. The van der Waals surface area contributed by atoms with E-state index < -0.39 is 6.10 Å². The zero-order valence-electron chi connectivity index (χ0n) is 15.7. The van der Waals surface area contributed by atoms with E-state index in [-0.39, 0.29) is 6.61 Å². The summed E-state index contributed by atoms with van der Waals surface area (Å²) in [5.41, 5.74) is 0.918. The van der Waals surface area contributed by atoms with Crippen LogP contribution < -0.4 is 4.74 Å². The fourth-order valence-electron chi connectivity index (χ4n) is 3.02. The number of aliphatic hydroxyl groups is 1. The van der Waals surface area contributed by atoms with Gasteiger partial charge < -0.3 is 18.8 Å². The predicted molar refractivity (Wildman–Crippen MR) is 110 cm³/mol. The van der Waals surface area contributed by atoms with Gasteiger partial charge in [0.05, 0.1) is 17.9 Å². The molecular weight excluding hydrogens is 374 g/mol. The van der Waals surface area contributed by atoms with Crippen molar-refractivity contribution in [2.45, 2.75) is 18.2 Å². The maximum absolute atomic E-state index is 10.4. The molecule has 2 aromatic heterocycles.